The Morgan fingerprint density at radius 2 is 1.62 bits per heavy atom. The molecule has 0 bridgehead atoms. The van der Waals surface area contributed by atoms with Gasteiger partial charge in [-0.3, -0.25) is 0 Å². The Balaban J connectivity index is 2.32. The molecule has 0 atom stereocenters. The summed E-state index contributed by atoms with van der Waals surface area (Å²) in [5.74, 6) is -4.10. The number of hydrogen-bond acceptors (Lipinski definition) is 2. The first-order valence-corrected chi connectivity index (χ1v) is 4.41. The molecule has 2 aromatic rings. The molecule has 1 aromatic heterocycles. The van der Waals surface area contributed by atoms with Crippen molar-refractivity contribution >= 4 is 0 Å². The summed E-state index contributed by atoms with van der Waals surface area (Å²) in [5, 5.41) is 0. The number of aromatic nitrogens is 1. The number of halogens is 3. The molecular formula is C11H6F3NO. The number of nitrogens with zero attached hydrogens (tertiary/aromatic N) is 1. The highest BCUT2D eigenvalue weighted by Crippen LogP contribution is 2.22. The van der Waals surface area contributed by atoms with Gasteiger partial charge in [0.2, 0.25) is 0 Å². The van der Waals surface area contributed by atoms with Crippen molar-refractivity contribution in [2.24, 2.45) is 0 Å². The Morgan fingerprint density at radius 1 is 0.938 bits per heavy atom. The van der Waals surface area contributed by atoms with Crippen LogP contribution in [0.15, 0.2) is 36.4 Å². The summed E-state index contributed by atoms with van der Waals surface area (Å²) in [7, 11) is 0. The zero-order chi connectivity index (χ0) is 11.5. The lowest BCUT2D eigenvalue weighted by molar-refractivity contribution is 0.387. The van der Waals surface area contributed by atoms with E-state index in [2.05, 4.69) is 4.98 Å². The lowest BCUT2D eigenvalue weighted by atomic mass is 10.3. The van der Waals surface area contributed by atoms with E-state index in [1.165, 1.54) is 0 Å². The highest BCUT2D eigenvalue weighted by atomic mass is 19.2. The minimum atomic E-state index is -1.40. The van der Waals surface area contributed by atoms with E-state index in [0.29, 0.717) is 11.8 Å². The molecule has 1 heterocycles. The molecule has 5 heteroatoms. The minimum absolute atomic E-state index is 0.292. The molecule has 0 saturated heterocycles. The molecule has 1 aromatic carbocycles. The SMILES string of the molecule is Fc1cc(F)c(Oc2ccccc2)nc1F. The summed E-state index contributed by atoms with van der Waals surface area (Å²) in [6.07, 6.45) is 0. The van der Waals surface area contributed by atoms with Crippen LogP contribution in [0.2, 0.25) is 0 Å². The highest BCUT2D eigenvalue weighted by molar-refractivity contribution is 5.27. The number of rotatable bonds is 2. The first kappa shape index (κ1) is 10.5. The summed E-state index contributed by atoms with van der Waals surface area (Å²) in [5.41, 5.74) is 0. The molecule has 0 aliphatic carbocycles. The maximum absolute atomic E-state index is 13.1. The molecule has 82 valence electrons. The fourth-order valence-corrected chi connectivity index (χ4v) is 1.10. The van der Waals surface area contributed by atoms with E-state index >= 15 is 0 Å². The van der Waals surface area contributed by atoms with Gasteiger partial charge in [0.15, 0.2) is 11.6 Å². The molecule has 0 spiro atoms. The van der Waals surface area contributed by atoms with Crippen molar-refractivity contribution in [2.45, 2.75) is 0 Å². The van der Waals surface area contributed by atoms with Crippen molar-refractivity contribution < 1.29 is 17.9 Å². The molecular weight excluding hydrogens is 219 g/mol. The quantitative estimate of drug-likeness (QED) is 0.731. The van der Waals surface area contributed by atoms with Crippen LogP contribution in [0.4, 0.5) is 13.2 Å². The molecule has 0 aliphatic rings. The zero-order valence-corrected chi connectivity index (χ0v) is 7.95. The normalized spacial score (nSPS) is 10.2. The second kappa shape index (κ2) is 4.22. The van der Waals surface area contributed by atoms with Gasteiger partial charge < -0.3 is 4.74 Å². The van der Waals surface area contributed by atoms with Crippen molar-refractivity contribution in [1.29, 1.82) is 0 Å². The van der Waals surface area contributed by atoms with Gasteiger partial charge in [-0.25, -0.2) is 8.78 Å². The van der Waals surface area contributed by atoms with Gasteiger partial charge in [-0.15, -0.1) is 0 Å². The largest absolute Gasteiger partial charge is 0.436 e. The van der Waals surface area contributed by atoms with Gasteiger partial charge in [0.25, 0.3) is 11.8 Å². The third-order valence-corrected chi connectivity index (χ3v) is 1.81. The van der Waals surface area contributed by atoms with E-state index in [9.17, 15) is 13.2 Å². The monoisotopic (exact) mass is 225 g/mol. The smallest absolute Gasteiger partial charge is 0.258 e. The summed E-state index contributed by atoms with van der Waals surface area (Å²) in [4.78, 5) is 3.03. The van der Waals surface area contributed by atoms with Crippen LogP contribution in [0.5, 0.6) is 11.6 Å². The number of pyridine rings is 1. The van der Waals surface area contributed by atoms with Gasteiger partial charge in [0.1, 0.15) is 5.75 Å². The van der Waals surface area contributed by atoms with Crippen molar-refractivity contribution in [3.05, 3.63) is 54.0 Å². The first-order valence-electron chi connectivity index (χ1n) is 4.41. The van der Waals surface area contributed by atoms with E-state index in [1.54, 1.807) is 30.3 Å². The van der Waals surface area contributed by atoms with Crippen LogP contribution in [0.1, 0.15) is 0 Å². The van der Waals surface area contributed by atoms with Crippen LogP contribution in [-0.4, -0.2) is 4.98 Å². The molecule has 0 unspecified atom stereocenters. The van der Waals surface area contributed by atoms with Crippen LogP contribution < -0.4 is 4.74 Å². The van der Waals surface area contributed by atoms with Gasteiger partial charge in [-0.1, -0.05) is 18.2 Å². The lowest BCUT2D eigenvalue weighted by Gasteiger charge is -2.05. The second-order valence-electron chi connectivity index (χ2n) is 2.96. The predicted octanol–water partition coefficient (Wildman–Crippen LogP) is 3.29. The molecule has 0 radical (unpaired) electrons. The summed E-state index contributed by atoms with van der Waals surface area (Å²) >= 11 is 0. The van der Waals surface area contributed by atoms with E-state index < -0.39 is 23.5 Å². The maximum Gasteiger partial charge on any atom is 0.258 e. The maximum atomic E-state index is 13.1. The van der Waals surface area contributed by atoms with Crippen LogP contribution in [-0.2, 0) is 0 Å². The number of ether oxygens (including phenoxy) is 1. The molecule has 0 saturated carbocycles. The van der Waals surface area contributed by atoms with E-state index in [-0.39, 0.29) is 0 Å². The summed E-state index contributed by atoms with van der Waals surface area (Å²) in [6.45, 7) is 0. The standard InChI is InChI=1S/C11H6F3NO/c12-8-6-9(13)11(15-10(8)14)16-7-4-2-1-3-5-7/h1-6H. The van der Waals surface area contributed by atoms with E-state index in [1.807, 2.05) is 0 Å². The molecule has 2 nitrogen and oxygen atoms in total. The fraction of sp³-hybridized carbons (Fsp3) is 0. The Morgan fingerprint density at radius 3 is 2.31 bits per heavy atom. The third kappa shape index (κ3) is 2.13. The molecule has 0 N–H and O–H groups in total. The summed E-state index contributed by atoms with van der Waals surface area (Å²) in [6, 6.07) is 8.54. The van der Waals surface area contributed by atoms with Crippen molar-refractivity contribution in [2.75, 3.05) is 0 Å². The average Bonchev–Trinajstić information content (AvgIpc) is 2.27. The fourth-order valence-electron chi connectivity index (χ4n) is 1.10. The van der Waals surface area contributed by atoms with Gasteiger partial charge >= 0.3 is 0 Å². The molecule has 16 heavy (non-hydrogen) atoms. The number of benzene rings is 1. The van der Waals surface area contributed by atoms with Crippen molar-refractivity contribution in [3.8, 4) is 11.6 Å². The topological polar surface area (TPSA) is 22.1 Å². The van der Waals surface area contributed by atoms with Crippen LogP contribution in [0, 0.1) is 17.6 Å². The first-order chi connectivity index (χ1) is 7.66. The predicted molar refractivity (Wildman–Crippen MR) is 50.6 cm³/mol. The Labute approximate surface area is 89.3 Å². The lowest BCUT2D eigenvalue weighted by Crippen LogP contribution is -1.97. The molecule has 0 fully saturated rings. The highest BCUT2D eigenvalue weighted by Gasteiger charge is 2.13. The van der Waals surface area contributed by atoms with Crippen LogP contribution in [0.3, 0.4) is 0 Å². The Kier molecular flexibility index (Phi) is 2.76. The zero-order valence-electron chi connectivity index (χ0n) is 7.95. The number of para-hydroxylation sites is 1. The molecule has 0 amide bonds. The minimum Gasteiger partial charge on any atom is -0.436 e. The second-order valence-corrected chi connectivity index (χ2v) is 2.96. The molecule has 0 aliphatic heterocycles. The van der Waals surface area contributed by atoms with Crippen molar-refractivity contribution in [1.82, 2.24) is 4.98 Å². The molecule has 2 rings (SSSR count). The van der Waals surface area contributed by atoms with E-state index in [4.69, 9.17) is 4.74 Å². The number of hydrogen-bond donors (Lipinski definition) is 0. The third-order valence-electron chi connectivity index (χ3n) is 1.81. The van der Waals surface area contributed by atoms with Gasteiger partial charge in [0, 0.05) is 6.07 Å². The van der Waals surface area contributed by atoms with Gasteiger partial charge in [-0.2, -0.15) is 9.37 Å². The van der Waals surface area contributed by atoms with Gasteiger partial charge in [-0.05, 0) is 12.1 Å². The van der Waals surface area contributed by atoms with Gasteiger partial charge in [0.05, 0.1) is 0 Å². The van der Waals surface area contributed by atoms with Crippen LogP contribution in [0.25, 0.3) is 0 Å². The Bertz CT molecular complexity index is 502. The van der Waals surface area contributed by atoms with E-state index in [0.717, 1.165) is 0 Å². The van der Waals surface area contributed by atoms with Crippen molar-refractivity contribution in [3.63, 3.8) is 0 Å². The summed E-state index contributed by atoms with van der Waals surface area (Å²) < 4.78 is 43.4. The average molecular weight is 225 g/mol. The Hall–Kier alpha value is -2.04. The van der Waals surface area contributed by atoms with Crippen LogP contribution >= 0.6 is 0 Å².